The van der Waals surface area contributed by atoms with Gasteiger partial charge in [0.15, 0.2) is 0 Å². The van der Waals surface area contributed by atoms with Gasteiger partial charge in [-0.05, 0) is 37.6 Å². The van der Waals surface area contributed by atoms with Crippen molar-refractivity contribution in [2.45, 2.75) is 12.8 Å². The highest BCUT2D eigenvalue weighted by atomic mass is 35.5. The van der Waals surface area contributed by atoms with Crippen LogP contribution in [0.15, 0.2) is 24.4 Å². The standard InChI is InChI=1S/C12H13Cl2N3/c13-8-3-4-10(11(14)6-8)12-16-7-9(17-12)2-1-5-15/h3-4,6-7H,1-2,5,15H2,(H,16,17). The Morgan fingerprint density at radius 3 is 2.82 bits per heavy atom. The number of aromatic amines is 1. The van der Waals surface area contributed by atoms with Crippen LogP contribution in [-0.2, 0) is 6.42 Å². The van der Waals surface area contributed by atoms with Crippen LogP contribution in [0.1, 0.15) is 12.1 Å². The second-order valence-electron chi connectivity index (χ2n) is 3.77. The van der Waals surface area contributed by atoms with E-state index in [1.165, 1.54) is 0 Å². The largest absolute Gasteiger partial charge is 0.342 e. The number of benzene rings is 1. The first kappa shape index (κ1) is 12.4. The molecule has 17 heavy (non-hydrogen) atoms. The molecule has 1 aromatic heterocycles. The van der Waals surface area contributed by atoms with Gasteiger partial charge in [-0.1, -0.05) is 23.2 Å². The molecule has 5 heteroatoms. The van der Waals surface area contributed by atoms with Gasteiger partial charge in [-0.15, -0.1) is 0 Å². The van der Waals surface area contributed by atoms with E-state index in [0.29, 0.717) is 16.6 Å². The Labute approximate surface area is 110 Å². The highest BCUT2D eigenvalue weighted by molar-refractivity contribution is 6.36. The van der Waals surface area contributed by atoms with Crippen LogP contribution in [-0.4, -0.2) is 16.5 Å². The van der Waals surface area contributed by atoms with E-state index < -0.39 is 0 Å². The summed E-state index contributed by atoms with van der Waals surface area (Å²) in [4.78, 5) is 7.54. The van der Waals surface area contributed by atoms with Crippen LogP contribution < -0.4 is 5.73 Å². The maximum atomic E-state index is 6.11. The Bertz CT molecular complexity index is 508. The number of H-pyrrole nitrogens is 1. The van der Waals surface area contributed by atoms with Gasteiger partial charge in [0, 0.05) is 22.5 Å². The highest BCUT2D eigenvalue weighted by Gasteiger charge is 2.08. The molecule has 3 N–H and O–H groups in total. The Hall–Kier alpha value is -1.03. The maximum absolute atomic E-state index is 6.11. The van der Waals surface area contributed by atoms with Gasteiger partial charge in [0.05, 0.1) is 5.02 Å². The van der Waals surface area contributed by atoms with Crippen LogP contribution in [0.3, 0.4) is 0 Å². The molecule has 90 valence electrons. The van der Waals surface area contributed by atoms with E-state index in [0.717, 1.165) is 29.9 Å². The lowest BCUT2D eigenvalue weighted by Gasteiger charge is -2.01. The molecule has 0 aliphatic rings. The molecule has 0 bridgehead atoms. The number of hydrogen-bond donors (Lipinski definition) is 2. The quantitative estimate of drug-likeness (QED) is 0.895. The molecule has 0 aliphatic heterocycles. The highest BCUT2D eigenvalue weighted by Crippen LogP contribution is 2.28. The molecular weight excluding hydrogens is 257 g/mol. The van der Waals surface area contributed by atoms with Crippen molar-refractivity contribution >= 4 is 23.2 Å². The van der Waals surface area contributed by atoms with E-state index in [1.54, 1.807) is 12.1 Å². The lowest BCUT2D eigenvalue weighted by atomic mass is 10.2. The molecule has 3 nitrogen and oxygen atoms in total. The molecule has 1 aromatic carbocycles. The third kappa shape index (κ3) is 3.00. The number of aromatic nitrogens is 2. The van der Waals surface area contributed by atoms with Crippen molar-refractivity contribution in [2.75, 3.05) is 6.54 Å². The fourth-order valence-corrected chi connectivity index (χ4v) is 2.10. The lowest BCUT2D eigenvalue weighted by molar-refractivity contribution is 0.816. The van der Waals surface area contributed by atoms with Gasteiger partial charge in [-0.3, -0.25) is 0 Å². The van der Waals surface area contributed by atoms with E-state index in [4.69, 9.17) is 28.9 Å². The number of nitrogens with one attached hydrogen (secondary N) is 1. The Morgan fingerprint density at radius 2 is 2.12 bits per heavy atom. The van der Waals surface area contributed by atoms with Crippen LogP contribution in [0, 0.1) is 0 Å². The topological polar surface area (TPSA) is 54.7 Å². The minimum Gasteiger partial charge on any atom is -0.342 e. The molecule has 0 fully saturated rings. The van der Waals surface area contributed by atoms with Crippen molar-refractivity contribution in [1.82, 2.24) is 9.97 Å². The maximum Gasteiger partial charge on any atom is 0.138 e. The predicted molar refractivity (Wildman–Crippen MR) is 71.4 cm³/mol. The number of hydrogen-bond acceptors (Lipinski definition) is 2. The van der Waals surface area contributed by atoms with Crippen LogP contribution >= 0.6 is 23.2 Å². The summed E-state index contributed by atoms with van der Waals surface area (Å²) in [5.41, 5.74) is 7.39. The third-order valence-electron chi connectivity index (χ3n) is 2.46. The smallest absolute Gasteiger partial charge is 0.138 e. The Morgan fingerprint density at radius 1 is 1.29 bits per heavy atom. The van der Waals surface area contributed by atoms with Gasteiger partial charge in [-0.2, -0.15) is 0 Å². The number of halogens is 2. The van der Waals surface area contributed by atoms with Crippen LogP contribution in [0.25, 0.3) is 11.4 Å². The van der Waals surface area contributed by atoms with Gasteiger partial charge < -0.3 is 10.7 Å². The minimum atomic E-state index is 0.595. The normalized spacial score (nSPS) is 10.8. The third-order valence-corrected chi connectivity index (χ3v) is 3.01. The lowest BCUT2D eigenvalue weighted by Crippen LogP contribution is -2.00. The Balaban J connectivity index is 2.24. The summed E-state index contributed by atoms with van der Waals surface area (Å²) in [5.74, 6) is 0.763. The number of nitrogens with two attached hydrogens (primary N) is 1. The van der Waals surface area contributed by atoms with Crippen molar-refractivity contribution in [3.05, 3.63) is 40.1 Å². The first-order valence-electron chi connectivity index (χ1n) is 5.40. The molecule has 0 saturated carbocycles. The van der Waals surface area contributed by atoms with Gasteiger partial charge >= 0.3 is 0 Å². The number of rotatable bonds is 4. The second-order valence-corrected chi connectivity index (χ2v) is 4.62. The van der Waals surface area contributed by atoms with Crippen molar-refractivity contribution in [1.29, 1.82) is 0 Å². The number of nitrogens with zero attached hydrogens (tertiary/aromatic N) is 1. The van der Waals surface area contributed by atoms with Crippen LogP contribution in [0.5, 0.6) is 0 Å². The zero-order valence-corrected chi connectivity index (χ0v) is 10.7. The van der Waals surface area contributed by atoms with Crippen molar-refractivity contribution in [3.63, 3.8) is 0 Å². The van der Waals surface area contributed by atoms with E-state index in [1.807, 2.05) is 12.3 Å². The summed E-state index contributed by atoms with van der Waals surface area (Å²) in [7, 11) is 0. The summed E-state index contributed by atoms with van der Waals surface area (Å²) in [6.45, 7) is 0.677. The van der Waals surface area contributed by atoms with Crippen LogP contribution in [0.4, 0.5) is 0 Å². The predicted octanol–water partition coefficient (Wildman–Crippen LogP) is 3.27. The van der Waals surface area contributed by atoms with E-state index in [-0.39, 0.29) is 0 Å². The second kappa shape index (κ2) is 5.54. The van der Waals surface area contributed by atoms with Gasteiger partial charge in [-0.25, -0.2) is 4.98 Å². The van der Waals surface area contributed by atoms with Gasteiger partial charge in [0.25, 0.3) is 0 Å². The first-order valence-corrected chi connectivity index (χ1v) is 6.15. The van der Waals surface area contributed by atoms with Crippen LogP contribution in [0.2, 0.25) is 10.0 Å². The zero-order valence-electron chi connectivity index (χ0n) is 9.21. The summed E-state index contributed by atoms with van der Waals surface area (Å²) < 4.78 is 0. The average Bonchev–Trinajstić information content (AvgIpc) is 2.75. The molecule has 0 aliphatic carbocycles. The molecule has 0 saturated heterocycles. The molecule has 0 amide bonds. The molecule has 0 unspecified atom stereocenters. The molecule has 0 atom stereocenters. The Kier molecular flexibility index (Phi) is 4.05. The zero-order chi connectivity index (χ0) is 12.3. The molecule has 1 heterocycles. The SMILES string of the molecule is NCCCc1cnc(-c2ccc(Cl)cc2Cl)[nH]1. The summed E-state index contributed by atoms with van der Waals surface area (Å²) in [5, 5.41) is 1.21. The molecule has 2 aromatic rings. The van der Waals surface area contributed by atoms with Gasteiger partial charge in [0.2, 0.25) is 0 Å². The van der Waals surface area contributed by atoms with E-state index in [9.17, 15) is 0 Å². The molecule has 2 rings (SSSR count). The summed E-state index contributed by atoms with van der Waals surface area (Å²) in [6, 6.07) is 5.36. The summed E-state index contributed by atoms with van der Waals surface area (Å²) >= 11 is 12.0. The molecule has 0 spiro atoms. The number of aryl methyl sites for hydroxylation is 1. The van der Waals surface area contributed by atoms with Gasteiger partial charge in [0.1, 0.15) is 5.82 Å². The summed E-state index contributed by atoms with van der Waals surface area (Å²) in [6.07, 6.45) is 3.65. The molecular formula is C12H13Cl2N3. The average molecular weight is 270 g/mol. The minimum absolute atomic E-state index is 0.595. The van der Waals surface area contributed by atoms with E-state index >= 15 is 0 Å². The van der Waals surface area contributed by atoms with Crippen molar-refractivity contribution in [2.24, 2.45) is 5.73 Å². The molecule has 0 radical (unpaired) electrons. The van der Waals surface area contributed by atoms with E-state index in [2.05, 4.69) is 9.97 Å². The van der Waals surface area contributed by atoms with Crippen molar-refractivity contribution < 1.29 is 0 Å². The number of imidazole rings is 1. The monoisotopic (exact) mass is 269 g/mol. The fraction of sp³-hybridized carbons (Fsp3) is 0.250. The van der Waals surface area contributed by atoms with Crippen molar-refractivity contribution in [3.8, 4) is 11.4 Å². The fourth-order valence-electron chi connectivity index (χ4n) is 1.60. The first-order chi connectivity index (χ1) is 8.20.